The Balaban J connectivity index is 0.00000711. The molecule has 0 saturated carbocycles. The molecule has 9 rings (SSSR count). The number of rotatable bonds is 12. The predicted molar refractivity (Wildman–Crippen MR) is 282 cm³/mol. The largest absolute Gasteiger partial charge is 0.423 e. The molecule has 8 bridgehead atoms. The first-order chi connectivity index (χ1) is 34.6. The van der Waals surface area contributed by atoms with Gasteiger partial charge in [-0.05, 0) is 147 Å². The summed E-state index contributed by atoms with van der Waals surface area (Å²) in [6.07, 6.45) is 7.80. The molecule has 2 aliphatic heterocycles. The van der Waals surface area contributed by atoms with Crippen molar-refractivity contribution in [2.45, 2.75) is 27.7 Å². The van der Waals surface area contributed by atoms with Crippen LogP contribution < -0.4 is 18.9 Å². The fraction of sp³-hybridized carbons (Fsp3) is 0.0667. The van der Waals surface area contributed by atoms with Gasteiger partial charge in [0, 0.05) is 83.7 Å². The SMILES string of the molecule is C=C(C)C(=O)Oc1ccc(-c2c3nc(c(-c4ccc(OC(=O)C(=C)C)cc4)c4ccc([nH]4)c(-c4ccc(OC(=O)C(=C)C)cc4)c4nc(c(-c5ccc(OC(=O)C(=C)C)cc5)c5ccc2[nH]5)C=C4)C=C3)cc1.[Cu]. The molecule has 365 valence electrons. The second-order valence-corrected chi connectivity index (χ2v) is 17.3. The van der Waals surface area contributed by atoms with Crippen LogP contribution in [-0.2, 0) is 36.2 Å². The van der Waals surface area contributed by atoms with Crippen LogP contribution in [0.15, 0.2) is 170 Å². The summed E-state index contributed by atoms with van der Waals surface area (Å²) in [5, 5.41) is 0. The Hall–Kier alpha value is -9.16. The normalized spacial score (nSPS) is 11.2. The third-order valence-corrected chi connectivity index (χ3v) is 11.6. The number of aromatic amines is 2. The van der Waals surface area contributed by atoms with Crippen LogP contribution in [0.2, 0.25) is 0 Å². The smallest absolute Gasteiger partial charge is 0.338 e. The molecule has 0 aliphatic carbocycles. The standard InChI is InChI=1S/C60H46N4O8.Cu/c1-33(2)57(65)69-41-17-9-37(10-18-41)53-45-25-27-47(61-45)54(38-11-19-42(20-12-38)70-58(66)34(3)4)49-29-31-51(63-49)56(40-15-23-44(24-16-40)72-60(68)36(7)8)52-32-30-50(64-52)55(48-28-26-46(53)62-48)39-13-21-43(22-14-39)71-59(67)35(5)6;/h9-32,61,64H,1,3,5,7H2,2,4,6,8H3;. The molecule has 0 unspecified atom stereocenters. The number of hydrogen-bond acceptors (Lipinski definition) is 10. The molecular weight excluding hydrogens is 968 g/mol. The molecule has 13 heteroatoms. The van der Waals surface area contributed by atoms with E-state index in [0.717, 1.165) is 66.6 Å². The third kappa shape index (κ3) is 10.8. The predicted octanol–water partition coefficient (Wildman–Crippen LogP) is 13.2. The number of H-pyrrole nitrogens is 2. The Morgan fingerprint density at radius 1 is 0.342 bits per heavy atom. The van der Waals surface area contributed by atoms with Crippen LogP contribution in [-0.4, -0.2) is 43.8 Å². The number of hydrogen-bond donors (Lipinski definition) is 2. The molecule has 2 aliphatic rings. The van der Waals surface area contributed by atoms with Gasteiger partial charge in [-0.2, -0.15) is 0 Å². The number of carbonyl (C=O) groups is 4. The van der Waals surface area contributed by atoms with Crippen molar-refractivity contribution in [1.29, 1.82) is 0 Å². The minimum absolute atomic E-state index is 0. The first-order valence-electron chi connectivity index (χ1n) is 22.7. The first-order valence-corrected chi connectivity index (χ1v) is 22.7. The second kappa shape index (κ2) is 21.1. The van der Waals surface area contributed by atoms with Gasteiger partial charge < -0.3 is 28.9 Å². The summed E-state index contributed by atoms with van der Waals surface area (Å²) in [5.41, 5.74) is 12.6. The third-order valence-electron chi connectivity index (χ3n) is 11.6. The van der Waals surface area contributed by atoms with Gasteiger partial charge in [-0.1, -0.05) is 74.8 Å². The molecule has 1 radical (unpaired) electrons. The van der Waals surface area contributed by atoms with Crippen LogP contribution in [0.3, 0.4) is 0 Å². The summed E-state index contributed by atoms with van der Waals surface area (Å²) in [6.45, 7) is 21.2. The van der Waals surface area contributed by atoms with Gasteiger partial charge in [0.2, 0.25) is 0 Å². The monoisotopic (exact) mass is 1010 g/mol. The van der Waals surface area contributed by atoms with E-state index in [2.05, 4.69) is 36.3 Å². The minimum Gasteiger partial charge on any atom is -0.423 e. The van der Waals surface area contributed by atoms with E-state index < -0.39 is 23.9 Å². The van der Waals surface area contributed by atoms with Crippen LogP contribution >= 0.6 is 0 Å². The molecule has 0 spiro atoms. The Morgan fingerprint density at radius 2 is 0.534 bits per heavy atom. The van der Waals surface area contributed by atoms with Crippen molar-refractivity contribution in [3.05, 3.63) is 193 Å². The number of fused-ring (bicyclic) bond motifs is 8. The topological polar surface area (TPSA) is 163 Å². The zero-order chi connectivity index (χ0) is 50.8. The number of esters is 4. The quantitative estimate of drug-likeness (QED) is 0.0521. The molecule has 2 N–H and O–H groups in total. The molecule has 7 aromatic rings. The fourth-order valence-corrected chi connectivity index (χ4v) is 7.96. The van der Waals surface area contributed by atoms with Crippen molar-refractivity contribution in [2.24, 2.45) is 0 Å². The van der Waals surface area contributed by atoms with E-state index in [1.807, 2.05) is 97.1 Å². The molecule has 5 heterocycles. The van der Waals surface area contributed by atoms with Crippen LogP contribution in [0.5, 0.6) is 23.0 Å². The van der Waals surface area contributed by atoms with Crippen LogP contribution in [0.4, 0.5) is 0 Å². The van der Waals surface area contributed by atoms with Crippen LogP contribution in [0.1, 0.15) is 50.5 Å². The number of carbonyl (C=O) groups excluding carboxylic acids is 4. The van der Waals surface area contributed by atoms with E-state index in [4.69, 9.17) is 28.9 Å². The van der Waals surface area contributed by atoms with E-state index in [9.17, 15) is 19.2 Å². The van der Waals surface area contributed by atoms with Gasteiger partial charge in [-0.25, -0.2) is 29.1 Å². The Kier molecular flexibility index (Phi) is 14.5. The maximum absolute atomic E-state index is 12.5. The Bertz CT molecular complexity index is 3210. The number of nitrogens with one attached hydrogen (secondary N) is 2. The van der Waals surface area contributed by atoms with E-state index in [1.54, 1.807) is 76.2 Å². The minimum atomic E-state index is -0.535. The molecule has 3 aromatic heterocycles. The second-order valence-electron chi connectivity index (χ2n) is 17.3. The van der Waals surface area contributed by atoms with Crippen LogP contribution in [0.25, 0.3) is 90.9 Å². The van der Waals surface area contributed by atoms with Crippen molar-refractivity contribution in [3.63, 3.8) is 0 Å². The zero-order valence-corrected chi connectivity index (χ0v) is 41.1. The average Bonchev–Trinajstić information content (AvgIpc) is 4.22. The van der Waals surface area contributed by atoms with Gasteiger partial charge in [0.1, 0.15) is 23.0 Å². The van der Waals surface area contributed by atoms with Crippen molar-refractivity contribution >= 4 is 70.2 Å². The average molecular weight is 1010 g/mol. The van der Waals surface area contributed by atoms with Gasteiger partial charge in [-0.15, -0.1) is 0 Å². The zero-order valence-electron chi connectivity index (χ0n) is 40.1. The van der Waals surface area contributed by atoms with Crippen molar-refractivity contribution in [2.75, 3.05) is 0 Å². The number of aromatic nitrogens is 4. The molecule has 0 fully saturated rings. The summed E-state index contributed by atoms with van der Waals surface area (Å²) >= 11 is 0. The molecule has 73 heavy (non-hydrogen) atoms. The summed E-state index contributed by atoms with van der Waals surface area (Å²) in [6, 6.07) is 36.6. The van der Waals surface area contributed by atoms with Crippen LogP contribution in [0, 0.1) is 0 Å². The fourth-order valence-electron chi connectivity index (χ4n) is 7.96. The van der Waals surface area contributed by atoms with Crippen molar-refractivity contribution in [3.8, 4) is 67.5 Å². The Labute approximate surface area is 431 Å². The molecule has 12 nitrogen and oxygen atoms in total. The van der Waals surface area contributed by atoms with Gasteiger partial charge in [-0.3, -0.25) is 0 Å². The molecule has 0 amide bonds. The van der Waals surface area contributed by atoms with Gasteiger partial charge >= 0.3 is 23.9 Å². The van der Waals surface area contributed by atoms with Gasteiger partial charge in [0.15, 0.2) is 0 Å². The maximum atomic E-state index is 12.5. The summed E-state index contributed by atoms with van der Waals surface area (Å²) < 4.78 is 22.2. The van der Waals surface area contributed by atoms with E-state index >= 15 is 0 Å². The van der Waals surface area contributed by atoms with E-state index in [1.165, 1.54) is 0 Å². The number of nitrogens with zero attached hydrogens (tertiary/aromatic N) is 2. The molecule has 4 aromatic carbocycles. The van der Waals surface area contributed by atoms with Crippen molar-refractivity contribution < 1.29 is 55.2 Å². The summed E-state index contributed by atoms with van der Waals surface area (Å²) in [5.74, 6) is -0.735. The van der Waals surface area contributed by atoms with E-state index in [0.29, 0.717) is 45.8 Å². The summed E-state index contributed by atoms with van der Waals surface area (Å²) in [4.78, 5) is 68.0. The van der Waals surface area contributed by atoms with Gasteiger partial charge in [0.25, 0.3) is 0 Å². The number of ether oxygens (including phenoxy) is 4. The maximum Gasteiger partial charge on any atom is 0.338 e. The molecule has 0 atom stereocenters. The molecular formula is C60H46CuN4O8. The summed E-state index contributed by atoms with van der Waals surface area (Å²) in [7, 11) is 0. The van der Waals surface area contributed by atoms with E-state index in [-0.39, 0.29) is 39.4 Å². The Morgan fingerprint density at radius 3 is 0.712 bits per heavy atom. The number of benzene rings is 4. The van der Waals surface area contributed by atoms with Crippen molar-refractivity contribution in [1.82, 2.24) is 19.9 Å². The van der Waals surface area contributed by atoms with Gasteiger partial charge in [0.05, 0.1) is 22.8 Å². The first kappa shape index (κ1) is 50.2. The molecule has 0 saturated heterocycles.